The van der Waals surface area contributed by atoms with Gasteiger partial charge < -0.3 is 0 Å². The summed E-state index contributed by atoms with van der Waals surface area (Å²) in [7, 11) is 0. The van der Waals surface area contributed by atoms with E-state index in [0.717, 1.165) is 5.92 Å². The molecule has 0 N–H and O–H groups in total. The molecule has 0 saturated carbocycles. The third kappa shape index (κ3) is 1.34. The van der Waals surface area contributed by atoms with Crippen LogP contribution in [-0.2, 0) is 0 Å². The zero-order valence-electron chi connectivity index (χ0n) is 4.85. The predicted octanol–water partition coefficient (Wildman–Crippen LogP) is 2.36. The first-order chi connectivity index (χ1) is 3.39. The summed E-state index contributed by atoms with van der Waals surface area (Å²) in [5.41, 5.74) is 0. The van der Waals surface area contributed by atoms with Crippen molar-refractivity contribution in [1.29, 1.82) is 0 Å². The van der Waals surface area contributed by atoms with E-state index in [1.807, 2.05) is 0 Å². The van der Waals surface area contributed by atoms with E-state index in [4.69, 9.17) is 0 Å². The van der Waals surface area contributed by atoms with Crippen molar-refractivity contribution in [2.24, 2.45) is 5.92 Å². The highest BCUT2D eigenvalue weighted by molar-refractivity contribution is 4.88. The van der Waals surface area contributed by atoms with Crippen LogP contribution in [0, 0.1) is 5.92 Å². The third-order valence-electron chi connectivity index (χ3n) is 1.53. The lowest BCUT2D eigenvalue weighted by molar-refractivity contribution is 0.527. The van der Waals surface area contributed by atoms with Crippen LogP contribution >= 0.6 is 0 Å². The maximum absolute atomic E-state index is 2.31. The van der Waals surface area contributed by atoms with Crippen molar-refractivity contribution in [3.63, 3.8) is 0 Å². The van der Waals surface area contributed by atoms with E-state index in [1.54, 1.807) is 0 Å². The highest BCUT2D eigenvalue weighted by Crippen LogP contribution is 2.15. The number of allylic oxidation sites excluding steroid dienone is 2. The van der Waals surface area contributed by atoms with Gasteiger partial charge in [-0.15, -0.1) is 0 Å². The van der Waals surface area contributed by atoms with Gasteiger partial charge in [0.2, 0.25) is 0 Å². The Bertz CT molecular complexity index is 72.1. The van der Waals surface area contributed by atoms with Gasteiger partial charge in [-0.25, -0.2) is 0 Å². The van der Waals surface area contributed by atoms with Crippen LogP contribution in [0.4, 0.5) is 0 Å². The Kier molecular flexibility index (Phi) is 1.50. The summed E-state index contributed by atoms with van der Waals surface area (Å²) in [6.07, 6.45) is 8.58. The van der Waals surface area contributed by atoms with Crippen molar-refractivity contribution in [2.75, 3.05) is 0 Å². The molecule has 1 atom stereocenters. The summed E-state index contributed by atoms with van der Waals surface area (Å²) < 4.78 is 0. The SMILES string of the molecule is C[C@H]1CC=CCC1. The zero-order chi connectivity index (χ0) is 5.11. The second-order valence-corrected chi connectivity index (χ2v) is 2.39. The maximum Gasteiger partial charge on any atom is -0.0325 e. The van der Waals surface area contributed by atoms with Gasteiger partial charge in [0.05, 0.1) is 0 Å². The summed E-state index contributed by atoms with van der Waals surface area (Å²) in [4.78, 5) is 0. The van der Waals surface area contributed by atoms with Gasteiger partial charge in [0.1, 0.15) is 0 Å². The number of hydrogen-bond acceptors (Lipinski definition) is 0. The van der Waals surface area contributed by atoms with E-state index in [1.165, 1.54) is 19.3 Å². The van der Waals surface area contributed by atoms with Crippen molar-refractivity contribution in [3.05, 3.63) is 12.2 Å². The van der Waals surface area contributed by atoms with Crippen LogP contribution in [0.1, 0.15) is 26.2 Å². The highest BCUT2D eigenvalue weighted by Gasteiger charge is 2.00. The molecule has 0 nitrogen and oxygen atoms in total. The molecule has 0 bridgehead atoms. The van der Waals surface area contributed by atoms with Gasteiger partial charge in [-0.1, -0.05) is 19.1 Å². The minimum atomic E-state index is 0.949. The fraction of sp³-hybridized carbons (Fsp3) is 0.714. The number of hydrogen-bond donors (Lipinski definition) is 0. The standard InChI is InChI=1S/C7H12/c1-7-5-3-2-4-6-7/h2-3,7H,4-6H2,1H3/t7-/m0/s1. The van der Waals surface area contributed by atoms with E-state index < -0.39 is 0 Å². The molecule has 0 fully saturated rings. The molecule has 0 heteroatoms. The molecule has 7 heavy (non-hydrogen) atoms. The van der Waals surface area contributed by atoms with Crippen molar-refractivity contribution in [3.8, 4) is 0 Å². The van der Waals surface area contributed by atoms with Crippen LogP contribution in [0.3, 0.4) is 0 Å². The fourth-order valence-corrected chi connectivity index (χ4v) is 0.945. The highest BCUT2D eigenvalue weighted by atomic mass is 14.1. The van der Waals surface area contributed by atoms with Gasteiger partial charge in [-0.2, -0.15) is 0 Å². The van der Waals surface area contributed by atoms with Crippen LogP contribution in [0.5, 0.6) is 0 Å². The lowest BCUT2D eigenvalue weighted by Gasteiger charge is -2.09. The van der Waals surface area contributed by atoms with Crippen molar-refractivity contribution >= 4 is 0 Å². The van der Waals surface area contributed by atoms with E-state index in [9.17, 15) is 0 Å². The Morgan fingerprint density at radius 1 is 1.43 bits per heavy atom. The molecule has 0 heterocycles. The molecule has 1 aliphatic carbocycles. The topological polar surface area (TPSA) is 0 Å². The largest absolute Gasteiger partial charge is 0.0885 e. The molecule has 0 aromatic rings. The smallest absolute Gasteiger partial charge is 0.0325 e. The molecule has 0 aromatic heterocycles. The number of rotatable bonds is 0. The molecule has 0 unspecified atom stereocenters. The molecule has 0 spiro atoms. The average Bonchev–Trinajstić information content (AvgIpc) is 1.69. The van der Waals surface area contributed by atoms with Gasteiger partial charge in [-0.3, -0.25) is 0 Å². The fourth-order valence-electron chi connectivity index (χ4n) is 0.945. The Balaban J connectivity index is 2.32. The molecule has 40 valence electrons. The molecule has 0 saturated heterocycles. The summed E-state index contributed by atoms with van der Waals surface area (Å²) >= 11 is 0. The van der Waals surface area contributed by atoms with Crippen LogP contribution in [0.2, 0.25) is 0 Å². The minimum absolute atomic E-state index is 0.949. The van der Waals surface area contributed by atoms with Crippen LogP contribution in [0.15, 0.2) is 12.2 Å². The quantitative estimate of drug-likeness (QED) is 0.406. The maximum atomic E-state index is 2.31. The normalized spacial score (nSPS) is 30.7. The summed E-state index contributed by atoms with van der Waals surface area (Å²) in [5.74, 6) is 0.949. The lowest BCUT2D eigenvalue weighted by Crippen LogP contribution is -1.94. The average molecular weight is 96.2 g/mol. The summed E-state index contributed by atoms with van der Waals surface area (Å²) in [6, 6.07) is 0. The monoisotopic (exact) mass is 96.1 g/mol. The molecule has 1 rings (SSSR count). The molecular weight excluding hydrogens is 84.1 g/mol. The zero-order valence-corrected chi connectivity index (χ0v) is 4.85. The molecule has 0 amide bonds. The molecule has 0 aliphatic heterocycles. The third-order valence-corrected chi connectivity index (χ3v) is 1.53. The van der Waals surface area contributed by atoms with E-state index in [0.29, 0.717) is 0 Å². The second kappa shape index (κ2) is 2.15. The Morgan fingerprint density at radius 3 is 2.57 bits per heavy atom. The van der Waals surface area contributed by atoms with Crippen LogP contribution in [0.25, 0.3) is 0 Å². The first kappa shape index (κ1) is 4.89. The van der Waals surface area contributed by atoms with E-state index in [-0.39, 0.29) is 0 Å². The second-order valence-electron chi connectivity index (χ2n) is 2.39. The van der Waals surface area contributed by atoms with Gasteiger partial charge >= 0.3 is 0 Å². The Hall–Kier alpha value is -0.260. The molecule has 0 aromatic carbocycles. The summed E-state index contributed by atoms with van der Waals surface area (Å²) in [5, 5.41) is 0. The Labute approximate surface area is 45.2 Å². The van der Waals surface area contributed by atoms with Crippen molar-refractivity contribution in [2.45, 2.75) is 26.2 Å². The van der Waals surface area contributed by atoms with Gasteiger partial charge in [-0.05, 0) is 25.2 Å². The first-order valence-electron chi connectivity index (χ1n) is 3.04. The van der Waals surface area contributed by atoms with Gasteiger partial charge in [0.25, 0.3) is 0 Å². The van der Waals surface area contributed by atoms with E-state index in [2.05, 4.69) is 19.1 Å². The van der Waals surface area contributed by atoms with Crippen molar-refractivity contribution < 1.29 is 0 Å². The Morgan fingerprint density at radius 2 is 2.29 bits per heavy atom. The lowest BCUT2D eigenvalue weighted by atomic mass is 9.97. The van der Waals surface area contributed by atoms with Crippen molar-refractivity contribution in [1.82, 2.24) is 0 Å². The molecular formula is C7H12. The summed E-state index contributed by atoms with van der Waals surface area (Å²) in [6.45, 7) is 2.31. The van der Waals surface area contributed by atoms with Gasteiger partial charge in [0.15, 0.2) is 0 Å². The minimum Gasteiger partial charge on any atom is -0.0885 e. The first-order valence-corrected chi connectivity index (χ1v) is 3.04. The van der Waals surface area contributed by atoms with Gasteiger partial charge in [0, 0.05) is 0 Å². The molecule has 1 aliphatic rings. The molecule has 0 radical (unpaired) electrons. The van der Waals surface area contributed by atoms with Crippen LogP contribution < -0.4 is 0 Å². The van der Waals surface area contributed by atoms with Crippen LogP contribution in [-0.4, -0.2) is 0 Å². The van der Waals surface area contributed by atoms with E-state index >= 15 is 0 Å². The predicted molar refractivity (Wildman–Crippen MR) is 32.2 cm³/mol.